The maximum atomic E-state index is 2.38. The topological polar surface area (TPSA) is 0 Å². The number of halogens is 1. The van der Waals surface area contributed by atoms with Gasteiger partial charge in [0.05, 0.1) is 0 Å². The first-order valence-corrected chi connectivity index (χ1v) is 3.36. The fourth-order valence-corrected chi connectivity index (χ4v) is 0. The van der Waals surface area contributed by atoms with Crippen LogP contribution in [0.25, 0.3) is 0 Å². The highest BCUT2D eigenvalue weighted by Gasteiger charge is 1.81. The van der Waals surface area contributed by atoms with Gasteiger partial charge in [-0.2, -0.15) is 0 Å². The minimum atomic E-state index is 0.871. The van der Waals surface area contributed by atoms with E-state index in [4.69, 9.17) is 0 Å². The lowest BCUT2D eigenvalue weighted by molar-refractivity contribution is 0.763. The summed E-state index contributed by atoms with van der Waals surface area (Å²) >= 11 is 2.38. The van der Waals surface area contributed by atoms with Gasteiger partial charge in [-0.1, -0.05) is 36.4 Å². The number of alkyl halides is 1. The van der Waals surface area contributed by atoms with E-state index < -0.39 is 0 Å². The summed E-state index contributed by atoms with van der Waals surface area (Å²) in [5, 5.41) is 0. The summed E-state index contributed by atoms with van der Waals surface area (Å²) in [5.41, 5.74) is 0. The molecule has 0 saturated heterocycles. The lowest BCUT2D eigenvalue weighted by atomic mass is 10.0. The Morgan fingerprint density at radius 1 is 1.60 bits per heavy atom. The molecule has 5 heavy (non-hydrogen) atoms. The standard InChI is InChI=1S/C4H9I/c1-4(2)3-5/h4H,3H2,1-2H3/i3-1. The Balaban J connectivity index is 2.54. The lowest BCUT2D eigenvalue weighted by Gasteiger charge is -1.88. The number of hydrogen-bond donors (Lipinski definition) is 0. The van der Waals surface area contributed by atoms with Crippen LogP contribution in [0.5, 0.6) is 0 Å². The van der Waals surface area contributed by atoms with Gasteiger partial charge in [0.2, 0.25) is 0 Å². The molecule has 0 aliphatic rings. The SMILES string of the molecule is CC(C)[11CH2]I. The molecule has 0 nitrogen and oxygen atoms in total. The summed E-state index contributed by atoms with van der Waals surface area (Å²) in [5.74, 6) is 0.871. The molecule has 0 aromatic heterocycles. The van der Waals surface area contributed by atoms with Crippen LogP contribution < -0.4 is 0 Å². The van der Waals surface area contributed by atoms with Crippen molar-refractivity contribution in [3.63, 3.8) is 0 Å². The molecule has 0 unspecified atom stereocenters. The van der Waals surface area contributed by atoms with Crippen LogP contribution in [0.2, 0.25) is 0 Å². The van der Waals surface area contributed by atoms with Crippen LogP contribution in [0.4, 0.5) is 0 Å². The van der Waals surface area contributed by atoms with Crippen molar-refractivity contribution in [2.24, 2.45) is 5.92 Å². The van der Waals surface area contributed by atoms with Gasteiger partial charge in [0.15, 0.2) is 0 Å². The first-order chi connectivity index (χ1) is 2.27. The number of hydrogen-bond acceptors (Lipinski definition) is 0. The van der Waals surface area contributed by atoms with E-state index in [9.17, 15) is 0 Å². The Labute approximate surface area is 47.1 Å². The van der Waals surface area contributed by atoms with Crippen LogP contribution in [-0.2, 0) is 0 Å². The highest BCUT2D eigenvalue weighted by molar-refractivity contribution is 14.1. The van der Waals surface area contributed by atoms with E-state index in [1.54, 1.807) is 0 Å². The Hall–Kier alpha value is 0.730. The molecule has 0 N–H and O–H groups in total. The smallest absolute Gasteiger partial charge is 0.00184 e. The molecule has 0 radical (unpaired) electrons. The van der Waals surface area contributed by atoms with E-state index in [-0.39, 0.29) is 0 Å². The molecule has 0 aliphatic carbocycles. The van der Waals surface area contributed by atoms with Crippen LogP contribution in [0.1, 0.15) is 13.8 Å². The maximum absolute atomic E-state index is 2.38. The molecule has 0 spiro atoms. The van der Waals surface area contributed by atoms with Gasteiger partial charge >= 0.3 is 0 Å². The third kappa shape index (κ3) is 4.73. The molecule has 0 heterocycles. The van der Waals surface area contributed by atoms with Crippen molar-refractivity contribution in [3.05, 3.63) is 0 Å². The van der Waals surface area contributed by atoms with Gasteiger partial charge in [-0.25, -0.2) is 0 Å². The zero-order valence-electron chi connectivity index (χ0n) is 3.66. The first kappa shape index (κ1) is 5.73. The number of rotatable bonds is 1. The van der Waals surface area contributed by atoms with Gasteiger partial charge in [-0.15, -0.1) is 0 Å². The molecule has 0 atom stereocenters. The Kier molecular flexibility index (Phi) is 3.37. The molecule has 0 rings (SSSR count). The Morgan fingerprint density at radius 2 is 1.80 bits per heavy atom. The summed E-state index contributed by atoms with van der Waals surface area (Å²) in [7, 11) is 0. The summed E-state index contributed by atoms with van der Waals surface area (Å²) in [6.45, 7) is 4.43. The van der Waals surface area contributed by atoms with Gasteiger partial charge < -0.3 is 0 Å². The van der Waals surface area contributed by atoms with Crippen molar-refractivity contribution in [1.29, 1.82) is 0 Å². The summed E-state index contributed by atoms with van der Waals surface area (Å²) in [4.78, 5) is 0. The van der Waals surface area contributed by atoms with Crippen LogP contribution >= 0.6 is 22.6 Å². The second-order valence-electron chi connectivity index (χ2n) is 1.55. The highest BCUT2D eigenvalue weighted by Crippen LogP contribution is 1.95. The second-order valence-corrected chi connectivity index (χ2v) is 2.43. The fourth-order valence-electron chi connectivity index (χ4n) is 0. The van der Waals surface area contributed by atoms with Crippen LogP contribution in [-0.4, -0.2) is 4.43 Å². The summed E-state index contributed by atoms with van der Waals surface area (Å²) in [6.07, 6.45) is 0. The van der Waals surface area contributed by atoms with E-state index in [2.05, 4.69) is 36.4 Å². The third-order valence-corrected chi connectivity index (χ3v) is 2.07. The Bertz CT molecular complexity index is 17.6. The van der Waals surface area contributed by atoms with Crippen molar-refractivity contribution < 1.29 is 0 Å². The van der Waals surface area contributed by atoms with Gasteiger partial charge in [0.25, 0.3) is 0 Å². The predicted octanol–water partition coefficient (Wildman–Crippen LogP) is 2.08. The second kappa shape index (κ2) is 2.94. The molecular weight excluding hydrogens is 174 g/mol. The molecule has 1 heteroatoms. The van der Waals surface area contributed by atoms with Crippen molar-refractivity contribution >= 4 is 22.6 Å². The molecule has 0 amide bonds. The monoisotopic (exact) mass is 183 g/mol. The van der Waals surface area contributed by atoms with Crippen molar-refractivity contribution in [3.8, 4) is 0 Å². The third-order valence-electron chi connectivity index (χ3n) is 0.309. The molecular formula is C4H9I. The van der Waals surface area contributed by atoms with Crippen LogP contribution in [0, 0.1) is 5.92 Å². The normalized spacial score (nSPS) is 9.60. The van der Waals surface area contributed by atoms with Gasteiger partial charge in [0, 0.05) is 4.43 Å². The largest absolute Gasteiger partial charge is 0.0861 e. The molecule has 0 bridgehead atoms. The van der Waals surface area contributed by atoms with Gasteiger partial charge in [0.1, 0.15) is 0 Å². The average molecular weight is 183 g/mol. The highest BCUT2D eigenvalue weighted by atomic mass is 127. The minimum Gasteiger partial charge on any atom is -0.0861 e. The zero-order chi connectivity index (χ0) is 4.28. The van der Waals surface area contributed by atoms with Gasteiger partial charge in [-0.05, 0) is 5.92 Å². The van der Waals surface area contributed by atoms with Crippen LogP contribution in [0.3, 0.4) is 0 Å². The average Bonchev–Trinajstić information content (AvgIpc) is 1.38. The molecule has 0 aromatic carbocycles. The van der Waals surface area contributed by atoms with Crippen molar-refractivity contribution in [2.45, 2.75) is 13.8 Å². The van der Waals surface area contributed by atoms with E-state index in [0.717, 1.165) is 5.92 Å². The molecule has 32 valence electrons. The molecule has 0 aliphatic heterocycles. The minimum absolute atomic E-state index is 0.871. The lowest BCUT2D eigenvalue weighted by Crippen LogP contribution is -1.82. The van der Waals surface area contributed by atoms with E-state index in [1.807, 2.05) is 0 Å². The van der Waals surface area contributed by atoms with E-state index in [1.165, 1.54) is 4.43 Å². The molecule has 0 fully saturated rings. The van der Waals surface area contributed by atoms with Crippen molar-refractivity contribution in [1.82, 2.24) is 0 Å². The van der Waals surface area contributed by atoms with E-state index in [0.29, 0.717) is 0 Å². The summed E-state index contributed by atoms with van der Waals surface area (Å²) < 4.78 is 1.28. The molecule has 0 aromatic rings. The van der Waals surface area contributed by atoms with Crippen LogP contribution in [0.15, 0.2) is 0 Å². The first-order valence-electron chi connectivity index (χ1n) is 1.83. The Morgan fingerprint density at radius 3 is 1.80 bits per heavy atom. The van der Waals surface area contributed by atoms with E-state index >= 15 is 0 Å². The maximum Gasteiger partial charge on any atom is 0.00184 e. The predicted molar refractivity (Wildman–Crippen MR) is 33.7 cm³/mol. The fraction of sp³-hybridized carbons (Fsp3) is 1.00. The summed E-state index contributed by atoms with van der Waals surface area (Å²) in [6, 6.07) is 0. The zero-order valence-corrected chi connectivity index (χ0v) is 5.82. The van der Waals surface area contributed by atoms with Crippen molar-refractivity contribution in [2.75, 3.05) is 4.43 Å². The van der Waals surface area contributed by atoms with Gasteiger partial charge in [-0.3, -0.25) is 0 Å². The quantitative estimate of drug-likeness (QED) is 0.431. The molecule has 0 saturated carbocycles.